The van der Waals surface area contributed by atoms with Gasteiger partial charge in [0.2, 0.25) is 11.8 Å². The van der Waals surface area contributed by atoms with Crippen LogP contribution in [-0.2, 0) is 9.59 Å². The third kappa shape index (κ3) is 5.62. The number of anilines is 1. The molecule has 0 fully saturated rings. The quantitative estimate of drug-likeness (QED) is 0.433. The first-order valence-electron chi connectivity index (χ1n) is 8.10. The smallest absolute Gasteiger partial charge is 0.249 e. The number of ether oxygens (including phenoxy) is 2. The second-order valence-electron chi connectivity index (χ2n) is 5.20. The minimum absolute atomic E-state index is 0.331. The second kappa shape index (κ2) is 9.83. The minimum atomic E-state index is -0.518. The van der Waals surface area contributed by atoms with E-state index < -0.39 is 11.8 Å². The summed E-state index contributed by atoms with van der Waals surface area (Å²) in [7, 11) is 1.55. The van der Waals surface area contributed by atoms with Crippen LogP contribution in [0.1, 0.15) is 18.9 Å². The van der Waals surface area contributed by atoms with Gasteiger partial charge < -0.3 is 14.8 Å². The molecule has 0 saturated carbocycles. The lowest BCUT2D eigenvalue weighted by molar-refractivity contribution is -0.126. The van der Waals surface area contributed by atoms with Gasteiger partial charge in [0.05, 0.1) is 19.9 Å². The lowest BCUT2D eigenvalue weighted by atomic mass is 10.2. The SMILES string of the molecule is CCOc1c(C=NNC(=O)CC(=O)Nc2ccccc2)cccc1OC. The Kier molecular flexibility index (Phi) is 7.17. The molecule has 0 spiro atoms. The Morgan fingerprint density at radius 3 is 2.54 bits per heavy atom. The van der Waals surface area contributed by atoms with Gasteiger partial charge in [0, 0.05) is 11.3 Å². The number of hydrogen-bond acceptors (Lipinski definition) is 5. The number of hydrogen-bond donors (Lipinski definition) is 2. The van der Waals surface area contributed by atoms with Crippen LogP contribution < -0.4 is 20.2 Å². The predicted molar refractivity (Wildman–Crippen MR) is 99.6 cm³/mol. The van der Waals surface area contributed by atoms with E-state index in [1.54, 1.807) is 49.6 Å². The molecule has 0 unspecified atom stereocenters. The van der Waals surface area contributed by atoms with E-state index in [0.717, 1.165) is 0 Å². The zero-order valence-corrected chi connectivity index (χ0v) is 14.7. The van der Waals surface area contributed by atoms with E-state index in [0.29, 0.717) is 29.4 Å². The number of nitrogens with zero attached hydrogens (tertiary/aromatic N) is 1. The summed E-state index contributed by atoms with van der Waals surface area (Å²) < 4.78 is 10.8. The van der Waals surface area contributed by atoms with Crippen LogP contribution in [0, 0.1) is 0 Å². The Morgan fingerprint density at radius 2 is 1.85 bits per heavy atom. The standard InChI is InChI=1S/C19H21N3O4/c1-3-26-19-14(8-7-11-16(19)25-2)13-20-22-18(24)12-17(23)21-15-9-5-4-6-10-15/h4-11,13H,3,12H2,1-2H3,(H,21,23)(H,22,24). The number of nitrogens with one attached hydrogen (secondary N) is 2. The molecule has 0 atom stereocenters. The zero-order valence-electron chi connectivity index (χ0n) is 14.7. The van der Waals surface area contributed by atoms with Crippen molar-refractivity contribution in [1.82, 2.24) is 5.43 Å². The highest BCUT2D eigenvalue weighted by atomic mass is 16.5. The number of benzene rings is 2. The average Bonchev–Trinajstić information content (AvgIpc) is 2.63. The molecular formula is C19H21N3O4. The summed E-state index contributed by atoms with van der Waals surface area (Å²) in [5.74, 6) is 0.178. The molecule has 7 nitrogen and oxygen atoms in total. The van der Waals surface area contributed by atoms with Gasteiger partial charge >= 0.3 is 0 Å². The minimum Gasteiger partial charge on any atom is -0.493 e. The highest BCUT2D eigenvalue weighted by Gasteiger charge is 2.10. The number of amides is 2. The number of methoxy groups -OCH3 is 1. The molecule has 2 rings (SSSR count). The van der Waals surface area contributed by atoms with Crippen LogP contribution in [0.25, 0.3) is 0 Å². The van der Waals surface area contributed by atoms with Gasteiger partial charge in [0.25, 0.3) is 0 Å². The number of para-hydroxylation sites is 2. The van der Waals surface area contributed by atoms with E-state index in [2.05, 4.69) is 15.8 Å². The largest absolute Gasteiger partial charge is 0.493 e. The summed E-state index contributed by atoms with van der Waals surface area (Å²) in [5, 5.41) is 6.51. The predicted octanol–water partition coefficient (Wildman–Crippen LogP) is 2.57. The molecule has 7 heteroatoms. The molecule has 0 aliphatic rings. The molecule has 0 saturated heterocycles. The normalized spacial score (nSPS) is 10.4. The lowest BCUT2D eigenvalue weighted by Crippen LogP contribution is -2.24. The first-order valence-corrected chi connectivity index (χ1v) is 8.10. The maximum atomic E-state index is 11.8. The maximum Gasteiger partial charge on any atom is 0.249 e. The summed E-state index contributed by atoms with van der Waals surface area (Å²) in [6.07, 6.45) is 1.11. The molecule has 26 heavy (non-hydrogen) atoms. The van der Waals surface area contributed by atoms with Gasteiger partial charge in [0.15, 0.2) is 11.5 Å². The molecule has 0 bridgehead atoms. The van der Waals surface area contributed by atoms with E-state index in [1.807, 2.05) is 13.0 Å². The summed E-state index contributed by atoms with van der Waals surface area (Å²) in [5.41, 5.74) is 3.61. The summed E-state index contributed by atoms with van der Waals surface area (Å²) in [6.45, 7) is 2.33. The highest BCUT2D eigenvalue weighted by molar-refractivity contribution is 6.03. The van der Waals surface area contributed by atoms with E-state index in [9.17, 15) is 9.59 Å². The number of carbonyl (C=O) groups is 2. The fraction of sp³-hybridized carbons (Fsp3) is 0.211. The van der Waals surface area contributed by atoms with Crippen molar-refractivity contribution in [2.24, 2.45) is 5.10 Å². The summed E-state index contributed by atoms with van der Waals surface area (Å²) in [4.78, 5) is 23.6. The molecule has 0 aliphatic carbocycles. The third-order valence-corrected chi connectivity index (χ3v) is 3.29. The van der Waals surface area contributed by atoms with Gasteiger partial charge in [-0.1, -0.05) is 24.3 Å². The number of hydrazone groups is 1. The van der Waals surface area contributed by atoms with Crippen LogP contribution in [0.15, 0.2) is 53.6 Å². The Bertz CT molecular complexity index is 776. The van der Waals surface area contributed by atoms with Crippen LogP contribution in [0.4, 0.5) is 5.69 Å². The van der Waals surface area contributed by atoms with Gasteiger partial charge in [-0.3, -0.25) is 9.59 Å². The fourth-order valence-electron chi connectivity index (χ4n) is 2.18. The first-order chi connectivity index (χ1) is 12.6. The summed E-state index contributed by atoms with van der Waals surface area (Å²) in [6, 6.07) is 14.3. The fourth-order valence-corrected chi connectivity index (χ4v) is 2.18. The molecular weight excluding hydrogens is 334 g/mol. The molecule has 0 aliphatic heterocycles. The number of carbonyl (C=O) groups excluding carboxylic acids is 2. The Hall–Kier alpha value is -3.35. The van der Waals surface area contributed by atoms with Crippen molar-refractivity contribution in [2.45, 2.75) is 13.3 Å². The van der Waals surface area contributed by atoms with Crippen molar-refractivity contribution in [2.75, 3.05) is 19.0 Å². The Balaban J connectivity index is 1.91. The third-order valence-electron chi connectivity index (χ3n) is 3.29. The van der Waals surface area contributed by atoms with Gasteiger partial charge in [-0.05, 0) is 31.2 Å². The van der Waals surface area contributed by atoms with Crippen LogP contribution in [-0.4, -0.2) is 31.7 Å². The molecule has 2 N–H and O–H groups in total. The van der Waals surface area contributed by atoms with E-state index in [4.69, 9.17) is 9.47 Å². The molecule has 0 radical (unpaired) electrons. The van der Waals surface area contributed by atoms with Gasteiger partial charge in [-0.15, -0.1) is 0 Å². The van der Waals surface area contributed by atoms with E-state index in [-0.39, 0.29) is 6.42 Å². The molecule has 0 aromatic heterocycles. The monoisotopic (exact) mass is 355 g/mol. The highest BCUT2D eigenvalue weighted by Crippen LogP contribution is 2.29. The van der Waals surface area contributed by atoms with E-state index >= 15 is 0 Å². The van der Waals surface area contributed by atoms with Crippen molar-refractivity contribution >= 4 is 23.7 Å². The van der Waals surface area contributed by atoms with Gasteiger partial charge in [-0.25, -0.2) is 5.43 Å². The lowest BCUT2D eigenvalue weighted by Gasteiger charge is -2.11. The topological polar surface area (TPSA) is 89.0 Å². The van der Waals surface area contributed by atoms with Gasteiger partial charge in [-0.2, -0.15) is 5.10 Å². The Morgan fingerprint density at radius 1 is 1.08 bits per heavy atom. The molecule has 2 aromatic rings. The average molecular weight is 355 g/mol. The van der Waals surface area contributed by atoms with Crippen LogP contribution in [0.3, 0.4) is 0 Å². The molecule has 2 aromatic carbocycles. The van der Waals surface area contributed by atoms with Crippen molar-refractivity contribution in [3.05, 3.63) is 54.1 Å². The maximum absolute atomic E-state index is 11.8. The molecule has 0 heterocycles. The van der Waals surface area contributed by atoms with Crippen LogP contribution in [0.2, 0.25) is 0 Å². The van der Waals surface area contributed by atoms with E-state index in [1.165, 1.54) is 6.21 Å². The molecule has 2 amide bonds. The number of rotatable bonds is 8. The Labute approximate surface area is 152 Å². The molecule has 136 valence electrons. The van der Waals surface area contributed by atoms with Crippen molar-refractivity contribution in [3.63, 3.8) is 0 Å². The van der Waals surface area contributed by atoms with Crippen LogP contribution in [0.5, 0.6) is 11.5 Å². The van der Waals surface area contributed by atoms with Crippen molar-refractivity contribution < 1.29 is 19.1 Å². The first kappa shape index (κ1) is 19.0. The van der Waals surface area contributed by atoms with Crippen molar-refractivity contribution in [3.8, 4) is 11.5 Å². The van der Waals surface area contributed by atoms with Crippen molar-refractivity contribution in [1.29, 1.82) is 0 Å². The summed E-state index contributed by atoms with van der Waals surface area (Å²) >= 11 is 0. The van der Waals surface area contributed by atoms with Gasteiger partial charge in [0.1, 0.15) is 6.42 Å². The zero-order chi connectivity index (χ0) is 18.8. The second-order valence-corrected chi connectivity index (χ2v) is 5.20. The van der Waals surface area contributed by atoms with Crippen LogP contribution >= 0.6 is 0 Å².